The van der Waals surface area contributed by atoms with Gasteiger partial charge in [-0.15, -0.1) is 0 Å². The van der Waals surface area contributed by atoms with E-state index < -0.39 is 23.7 Å². The molecule has 39 heavy (non-hydrogen) atoms. The molecule has 1 aliphatic heterocycles. The van der Waals surface area contributed by atoms with E-state index in [0.717, 1.165) is 23.3 Å². The third-order valence-corrected chi connectivity index (χ3v) is 7.02. The van der Waals surface area contributed by atoms with Gasteiger partial charge >= 0.3 is 6.18 Å². The Morgan fingerprint density at radius 3 is 2.23 bits per heavy atom. The molecular weight excluding hydrogens is 505 g/mol. The number of carbonyl (C=O) groups excluding carboxylic acids is 2. The monoisotopic (exact) mass is 538 g/mol. The molecule has 0 aliphatic carbocycles. The van der Waals surface area contributed by atoms with Gasteiger partial charge in [-0.3, -0.25) is 9.59 Å². The normalized spacial score (nSPS) is 18.2. The number of halogens is 3. The highest BCUT2D eigenvalue weighted by Gasteiger charge is 2.33. The summed E-state index contributed by atoms with van der Waals surface area (Å²) in [5.41, 5.74) is 7.09. The smallest absolute Gasteiger partial charge is 0.350 e. The SMILES string of the molecule is NCC[C@@H]1N[C@H](CNC(=O)c2cccc(C(F)(F)F)c2)CCN(CC(c2ccccc2)c2ccccc2)C1=O. The number of hydrogen-bond acceptors (Lipinski definition) is 4. The first-order valence-corrected chi connectivity index (χ1v) is 13.1. The Labute approximate surface area is 226 Å². The number of rotatable bonds is 9. The Morgan fingerprint density at radius 1 is 1.00 bits per heavy atom. The van der Waals surface area contributed by atoms with Crippen LogP contribution in [0.4, 0.5) is 13.2 Å². The van der Waals surface area contributed by atoms with Crippen molar-refractivity contribution in [2.45, 2.75) is 37.0 Å². The minimum Gasteiger partial charge on any atom is -0.350 e. The van der Waals surface area contributed by atoms with Gasteiger partial charge in [0.1, 0.15) is 0 Å². The minimum atomic E-state index is -4.53. The van der Waals surface area contributed by atoms with Crippen LogP contribution in [-0.4, -0.2) is 55.0 Å². The number of hydrogen-bond donors (Lipinski definition) is 3. The lowest BCUT2D eigenvalue weighted by Gasteiger charge is -2.29. The van der Waals surface area contributed by atoms with Gasteiger partial charge in [-0.25, -0.2) is 0 Å². The maximum absolute atomic E-state index is 13.6. The second-order valence-corrected chi connectivity index (χ2v) is 9.73. The average Bonchev–Trinajstić information content (AvgIpc) is 3.09. The van der Waals surface area contributed by atoms with Gasteiger partial charge in [-0.05, 0) is 48.7 Å². The molecule has 0 aromatic heterocycles. The maximum Gasteiger partial charge on any atom is 0.416 e. The highest BCUT2D eigenvalue weighted by Crippen LogP contribution is 2.30. The van der Waals surface area contributed by atoms with Crippen LogP contribution in [0.5, 0.6) is 0 Å². The van der Waals surface area contributed by atoms with Crippen LogP contribution >= 0.6 is 0 Å². The van der Waals surface area contributed by atoms with Crippen LogP contribution in [0.3, 0.4) is 0 Å². The molecule has 0 radical (unpaired) electrons. The maximum atomic E-state index is 13.6. The van der Waals surface area contributed by atoms with Crippen molar-refractivity contribution in [2.24, 2.45) is 5.73 Å². The first-order valence-electron chi connectivity index (χ1n) is 13.1. The summed E-state index contributed by atoms with van der Waals surface area (Å²) >= 11 is 0. The Balaban J connectivity index is 1.47. The molecule has 3 aromatic carbocycles. The average molecular weight is 539 g/mol. The van der Waals surface area contributed by atoms with E-state index in [0.29, 0.717) is 32.5 Å². The quantitative estimate of drug-likeness (QED) is 0.382. The van der Waals surface area contributed by atoms with Crippen LogP contribution in [0.25, 0.3) is 0 Å². The van der Waals surface area contributed by atoms with E-state index in [-0.39, 0.29) is 30.0 Å². The summed E-state index contributed by atoms with van der Waals surface area (Å²) < 4.78 is 39.2. The van der Waals surface area contributed by atoms with Gasteiger partial charge in [0.05, 0.1) is 11.6 Å². The van der Waals surface area contributed by atoms with Crippen molar-refractivity contribution in [3.8, 4) is 0 Å². The Morgan fingerprint density at radius 2 is 1.64 bits per heavy atom. The van der Waals surface area contributed by atoms with Crippen molar-refractivity contribution < 1.29 is 22.8 Å². The first kappa shape index (κ1) is 28.3. The molecule has 206 valence electrons. The zero-order valence-electron chi connectivity index (χ0n) is 21.5. The highest BCUT2D eigenvalue weighted by atomic mass is 19.4. The van der Waals surface area contributed by atoms with E-state index in [2.05, 4.69) is 34.9 Å². The summed E-state index contributed by atoms with van der Waals surface area (Å²) in [5.74, 6) is -0.671. The van der Waals surface area contributed by atoms with E-state index in [9.17, 15) is 22.8 Å². The van der Waals surface area contributed by atoms with E-state index in [1.807, 2.05) is 41.3 Å². The molecule has 0 bridgehead atoms. The van der Waals surface area contributed by atoms with Gasteiger partial charge < -0.3 is 21.3 Å². The number of carbonyl (C=O) groups is 2. The molecule has 9 heteroatoms. The third-order valence-electron chi connectivity index (χ3n) is 7.02. The Hall–Kier alpha value is -3.69. The fraction of sp³-hybridized carbons (Fsp3) is 0.333. The zero-order valence-corrected chi connectivity index (χ0v) is 21.5. The van der Waals surface area contributed by atoms with Crippen molar-refractivity contribution in [1.29, 1.82) is 0 Å². The van der Waals surface area contributed by atoms with Crippen LogP contribution in [0.2, 0.25) is 0 Å². The number of alkyl halides is 3. The fourth-order valence-electron chi connectivity index (χ4n) is 4.95. The van der Waals surface area contributed by atoms with Crippen LogP contribution in [0.15, 0.2) is 84.9 Å². The largest absolute Gasteiger partial charge is 0.416 e. The third kappa shape index (κ3) is 7.46. The van der Waals surface area contributed by atoms with Gasteiger partial charge in [0, 0.05) is 37.2 Å². The van der Waals surface area contributed by atoms with Crippen molar-refractivity contribution >= 4 is 11.8 Å². The number of nitrogens with two attached hydrogens (primary N) is 1. The Bertz CT molecular complexity index is 1200. The molecule has 1 aliphatic rings. The summed E-state index contributed by atoms with van der Waals surface area (Å²) in [7, 11) is 0. The number of benzene rings is 3. The molecule has 1 fully saturated rings. The lowest BCUT2D eigenvalue weighted by Crippen LogP contribution is -2.49. The van der Waals surface area contributed by atoms with Crippen molar-refractivity contribution in [3.05, 3.63) is 107 Å². The zero-order chi connectivity index (χ0) is 27.8. The molecule has 0 unspecified atom stereocenters. The summed E-state index contributed by atoms with van der Waals surface area (Å²) in [6.45, 7) is 1.42. The number of amides is 2. The molecular formula is C30H33F3N4O2. The second-order valence-electron chi connectivity index (χ2n) is 9.73. The number of nitrogens with one attached hydrogen (secondary N) is 2. The fourth-order valence-corrected chi connectivity index (χ4v) is 4.95. The summed E-state index contributed by atoms with van der Waals surface area (Å²) in [4.78, 5) is 28.1. The first-order chi connectivity index (χ1) is 18.8. The van der Waals surface area contributed by atoms with Crippen LogP contribution in [-0.2, 0) is 11.0 Å². The molecule has 0 saturated carbocycles. The van der Waals surface area contributed by atoms with Gasteiger partial charge in [-0.1, -0.05) is 66.7 Å². The summed E-state index contributed by atoms with van der Waals surface area (Å²) in [6.07, 6.45) is -3.55. The predicted molar refractivity (Wildman–Crippen MR) is 144 cm³/mol. The lowest BCUT2D eigenvalue weighted by molar-refractivity contribution is -0.137. The standard InChI is InChI=1S/C30H33F3N4O2/c31-30(32,33)24-13-7-12-23(18-24)28(38)35-19-25-15-17-37(29(39)27(36-25)14-16-34)20-26(21-8-3-1-4-9-21)22-10-5-2-6-11-22/h1-13,18,25-27,36H,14-17,19-20,34H2,(H,35,38)/t25-,27-/m0/s1. The van der Waals surface area contributed by atoms with Gasteiger partial charge in [-0.2, -0.15) is 13.2 Å². The Kier molecular flexibility index (Phi) is 9.37. The predicted octanol–water partition coefficient (Wildman–Crippen LogP) is 4.18. The van der Waals surface area contributed by atoms with E-state index in [4.69, 9.17) is 5.73 Å². The van der Waals surface area contributed by atoms with Gasteiger partial charge in [0.2, 0.25) is 5.91 Å². The molecule has 2 atom stereocenters. The van der Waals surface area contributed by atoms with E-state index >= 15 is 0 Å². The van der Waals surface area contributed by atoms with E-state index in [1.54, 1.807) is 0 Å². The van der Waals surface area contributed by atoms with Crippen molar-refractivity contribution in [3.63, 3.8) is 0 Å². The summed E-state index contributed by atoms with van der Waals surface area (Å²) in [5, 5.41) is 6.06. The van der Waals surface area contributed by atoms with Crippen LogP contribution in [0.1, 0.15) is 45.8 Å². The molecule has 3 aromatic rings. The topological polar surface area (TPSA) is 87.5 Å². The van der Waals surface area contributed by atoms with Crippen LogP contribution < -0.4 is 16.4 Å². The van der Waals surface area contributed by atoms with Crippen molar-refractivity contribution in [2.75, 3.05) is 26.2 Å². The second kappa shape index (κ2) is 12.9. The molecule has 1 saturated heterocycles. The molecule has 0 spiro atoms. The summed E-state index contributed by atoms with van der Waals surface area (Å²) in [6, 6.07) is 23.6. The van der Waals surface area contributed by atoms with E-state index in [1.165, 1.54) is 12.1 Å². The molecule has 2 amide bonds. The van der Waals surface area contributed by atoms with Gasteiger partial charge in [0.15, 0.2) is 0 Å². The molecule has 6 nitrogen and oxygen atoms in total. The molecule has 1 heterocycles. The number of nitrogens with zero attached hydrogens (tertiary/aromatic N) is 1. The molecule has 4 N–H and O–H groups in total. The van der Waals surface area contributed by atoms with Gasteiger partial charge in [0.25, 0.3) is 5.91 Å². The van der Waals surface area contributed by atoms with Crippen molar-refractivity contribution in [1.82, 2.24) is 15.5 Å². The highest BCUT2D eigenvalue weighted by molar-refractivity contribution is 5.94. The lowest BCUT2D eigenvalue weighted by atomic mass is 9.90. The van der Waals surface area contributed by atoms with Crippen LogP contribution in [0, 0.1) is 0 Å². The molecule has 4 rings (SSSR count). The minimum absolute atomic E-state index is 0.0213.